The molecule has 0 saturated heterocycles. The van der Waals surface area contributed by atoms with E-state index >= 15 is 0 Å². The van der Waals surface area contributed by atoms with Crippen LogP contribution in [0.5, 0.6) is 0 Å². The minimum Gasteiger partial charge on any atom is -0.320 e. The number of benzene rings is 3. The molecule has 138 valence electrons. The molecule has 0 saturated carbocycles. The third-order valence-electron chi connectivity index (χ3n) is 4.47. The van der Waals surface area contributed by atoms with Gasteiger partial charge in [-0.25, -0.2) is 8.78 Å². The maximum absolute atomic E-state index is 13.8. The first-order chi connectivity index (χ1) is 13.4. The fraction of sp³-hybridized carbons (Fsp3) is 0. The molecule has 1 aliphatic rings. The molecule has 0 spiro atoms. The van der Waals surface area contributed by atoms with Gasteiger partial charge in [0.25, 0.3) is 5.91 Å². The SMILES string of the molecule is O=C1c2ccccc2C(=O)c2c1ccc(NC(=O)c1c(F)cccc1F)c2Cl. The number of nitrogens with one attached hydrogen (secondary N) is 1. The highest BCUT2D eigenvalue weighted by Gasteiger charge is 2.32. The van der Waals surface area contributed by atoms with Crippen LogP contribution in [0.3, 0.4) is 0 Å². The van der Waals surface area contributed by atoms with Gasteiger partial charge in [0, 0.05) is 16.7 Å². The molecule has 1 amide bonds. The first-order valence-electron chi connectivity index (χ1n) is 8.16. The minimum absolute atomic E-state index is 0.0337. The molecule has 3 aromatic rings. The van der Waals surface area contributed by atoms with Gasteiger partial charge in [0.15, 0.2) is 11.6 Å². The van der Waals surface area contributed by atoms with Crippen molar-refractivity contribution < 1.29 is 23.2 Å². The van der Waals surface area contributed by atoms with E-state index in [2.05, 4.69) is 5.32 Å². The number of rotatable bonds is 2. The Kier molecular flexibility index (Phi) is 4.28. The molecule has 0 heterocycles. The van der Waals surface area contributed by atoms with Crippen LogP contribution in [-0.2, 0) is 0 Å². The number of halogens is 3. The van der Waals surface area contributed by atoms with Gasteiger partial charge < -0.3 is 5.32 Å². The zero-order valence-corrected chi connectivity index (χ0v) is 14.8. The van der Waals surface area contributed by atoms with E-state index < -0.39 is 28.9 Å². The molecule has 0 unspecified atom stereocenters. The Bertz CT molecular complexity index is 1170. The maximum Gasteiger partial charge on any atom is 0.261 e. The third-order valence-corrected chi connectivity index (χ3v) is 4.86. The molecule has 1 N–H and O–H groups in total. The molecule has 0 radical (unpaired) electrons. The van der Waals surface area contributed by atoms with E-state index in [1.165, 1.54) is 18.2 Å². The number of hydrogen-bond donors (Lipinski definition) is 1. The Hall–Kier alpha value is -3.38. The van der Waals surface area contributed by atoms with Crippen LogP contribution in [0.4, 0.5) is 14.5 Å². The van der Waals surface area contributed by atoms with E-state index in [0.29, 0.717) is 0 Å². The normalized spacial score (nSPS) is 12.4. The monoisotopic (exact) mass is 397 g/mol. The molecule has 0 atom stereocenters. The van der Waals surface area contributed by atoms with Crippen LogP contribution < -0.4 is 5.32 Å². The molecule has 7 heteroatoms. The second kappa shape index (κ2) is 6.65. The quantitative estimate of drug-likeness (QED) is 0.535. The first kappa shape index (κ1) is 18.0. The molecule has 0 aromatic heterocycles. The van der Waals surface area contributed by atoms with Crippen LogP contribution in [-0.4, -0.2) is 17.5 Å². The largest absolute Gasteiger partial charge is 0.320 e. The van der Waals surface area contributed by atoms with Gasteiger partial charge in [-0.05, 0) is 24.3 Å². The van der Waals surface area contributed by atoms with E-state index in [0.717, 1.165) is 18.2 Å². The first-order valence-corrected chi connectivity index (χ1v) is 8.54. The highest BCUT2D eigenvalue weighted by molar-refractivity contribution is 6.41. The van der Waals surface area contributed by atoms with E-state index in [4.69, 9.17) is 11.6 Å². The summed E-state index contributed by atoms with van der Waals surface area (Å²) in [5, 5.41) is 2.13. The number of carbonyl (C=O) groups is 3. The van der Waals surface area contributed by atoms with Gasteiger partial charge in [-0.15, -0.1) is 0 Å². The van der Waals surface area contributed by atoms with Crippen molar-refractivity contribution in [3.8, 4) is 0 Å². The summed E-state index contributed by atoms with van der Waals surface area (Å²) in [7, 11) is 0. The summed E-state index contributed by atoms with van der Waals surface area (Å²) >= 11 is 6.29. The van der Waals surface area contributed by atoms with Crippen molar-refractivity contribution in [2.45, 2.75) is 0 Å². The molecule has 4 rings (SSSR count). The Morgan fingerprint density at radius 2 is 1.39 bits per heavy atom. The molecular formula is C21H10ClF2NO3. The average Bonchev–Trinajstić information content (AvgIpc) is 2.67. The number of fused-ring (bicyclic) bond motifs is 2. The number of ketones is 2. The summed E-state index contributed by atoms with van der Waals surface area (Å²) in [6.45, 7) is 0. The molecule has 28 heavy (non-hydrogen) atoms. The van der Waals surface area contributed by atoms with Crippen molar-refractivity contribution in [1.82, 2.24) is 0 Å². The van der Waals surface area contributed by atoms with E-state index in [1.807, 2.05) is 0 Å². The molecule has 0 bridgehead atoms. The summed E-state index contributed by atoms with van der Waals surface area (Å²) in [6, 6.07) is 12.0. The zero-order valence-electron chi connectivity index (χ0n) is 14.1. The fourth-order valence-electron chi connectivity index (χ4n) is 3.14. The van der Waals surface area contributed by atoms with E-state index in [9.17, 15) is 23.2 Å². The molecule has 4 nitrogen and oxygen atoms in total. The summed E-state index contributed by atoms with van der Waals surface area (Å²) in [5.74, 6) is -3.97. The van der Waals surface area contributed by atoms with Gasteiger partial charge in [0.2, 0.25) is 0 Å². The van der Waals surface area contributed by atoms with E-state index in [-0.39, 0.29) is 38.7 Å². The second-order valence-electron chi connectivity index (χ2n) is 6.10. The van der Waals surface area contributed by atoms with Crippen molar-refractivity contribution >= 4 is 34.8 Å². The van der Waals surface area contributed by atoms with Crippen LogP contribution in [0.1, 0.15) is 42.2 Å². The van der Waals surface area contributed by atoms with E-state index in [1.54, 1.807) is 18.2 Å². The van der Waals surface area contributed by atoms with Crippen molar-refractivity contribution in [3.63, 3.8) is 0 Å². The van der Waals surface area contributed by atoms with Crippen LogP contribution in [0, 0.1) is 11.6 Å². The number of amides is 1. The lowest BCUT2D eigenvalue weighted by Crippen LogP contribution is -2.22. The lowest BCUT2D eigenvalue weighted by atomic mass is 9.84. The summed E-state index contributed by atoms with van der Waals surface area (Å²) in [6.07, 6.45) is 0. The van der Waals surface area contributed by atoms with Gasteiger partial charge in [-0.3, -0.25) is 14.4 Å². The van der Waals surface area contributed by atoms with Gasteiger partial charge in [0.05, 0.1) is 16.3 Å². The van der Waals surface area contributed by atoms with Gasteiger partial charge in [0.1, 0.15) is 17.2 Å². The molecule has 1 aliphatic carbocycles. The van der Waals surface area contributed by atoms with Crippen molar-refractivity contribution in [3.05, 3.63) is 99.1 Å². The molecule has 0 aliphatic heterocycles. The van der Waals surface area contributed by atoms with Gasteiger partial charge in [-0.1, -0.05) is 41.9 Å². The zero-order chi connectivity index (χ0) is 20.0. The predicted molar refractivity (Wildman–Crippen MR) is 99.1 cm³/mol. The Morgan fingerprint density at radius 1 is 0.786 bits per heavy atom. The lowest BCUT2D eigenvalue weighted by Gasteiger charge is -2.20. The topological polar surface area (TPSA) is 63.2 Å². The standard InChI is InChI=1S/C21H10ClF2NO3/c22-18-15(25-21(28)17-13(23)6-3-7-14(17)24)9-8-12-16(18)20(27)11-5-2-1-4-10(11)19(12)26/h1-9H,(H,25,28). The van der Waals surface area contributed by atoms with Crippen LogP contribution in [0.25, 0.3) is 0 Å². The number of anilines is 1. The van der Waals surface area contributed by atoms with Crippen LogP contribution >= 0.6 is 11.6 Å². The molecular weight excluding hydrogens is 388 g/mol. The summed E-state index contributed by atoms with van der Waals surface area (Å²) in [4.78, 5) is 37.8. The number of carbonyl (C=O) groups excluding carboxylic acids is 3. The highest BCUT2D eigenvalue weighted by atomic mass is 35.5. The minimum atomic E-state index is -1.06. The van der Waals surface area contributed by atoms with Crippen molar-refractivity contribution in [2.24, 2.45) is 0 Å². The smallest absolute Gasteiger partial charge is 0.261 e. The summed E-state index contributed by atoms with van der Waals surface area (Å²) in [5.41, 5.74) is -0.301. The van der Waals surface area contributed by atoms with Gasteiger partial charge in [-0.2, -0.15) is 0 Å². The lowest BCUT2D eigenvalue weighted by molar-refractivity contribution is 0.0979. The number of hydrogen-bond acceptors (Lipinski definition) is 3. The molecule has 0 fully saturated rings. The Morgan fingerprint density at radius 3 is 2.04 bits per heavy atom. The van der Waals surface area contributed by atoms with Crippen LogP contribution in [0.2, 0.25) is 5.02 Å². The molecule has 3 aromatic carbocycles. The third kappa shape index (κ3) is 2.70. The second-order valence-corrected chi connectivity index (χ2v) is 6.48. The maximum atomic E-state index is 13.8. The van der Waals surface area contributed by atoms with Gasteiger partial charge >= 0.3 is 0 Å². The predicted octanol–water partition coefficient (Wildman–Crippen LogP) is 4.65. The van der Waals surface area contributed by atoms with Crippen LogP contribution in [0.15, 0.2) is 54.6 Å². The highest BCUT2D eigenvalue weighted by Crippen LogP contribution is 2.36. The average molecular weight is 398 g/mol. The van der Waals surface area contributed by atoms with Crippen molar-refractivity contribution in [1.29, 1.82) is 0 Å². The van der Waals surface area contributed by atoms with Crippen molar-refractivity contribution in [2.75, 3.05) is 5.32 Å². The Labute approximate surface area is 162 Å². The fourth-order valence-corrected chi connectivity index (χ4v) is 3.44. The summed E-state index contributed by atoms with van der Waals surface area (Å²) < 4.78 is 27.6. The Balaban J connectivity index is 1.77.